The van der Waals surface area contributed by atoms with Gasteiger partial charge in [-0.3, -0.25) is 0 Å². The largest absolute Gasteiger partial charge is 0.466 e. The maximum atomic E-state index is 9.93. The topological polar surface area (TPSA) is 42.2 Å². The van der Waals surface area contributed by atoms with E-state index in [0.29, 0.717) is 6.54 Å². The van der Waals surface area contributed by atoms with Gasteiger partial charge in [0.2, 0.25) is 0 Å². The van der Waals surface area contributed by atoms with E-state index < -0.39 is 0 Å². The summed E-state index contributed by atoms with van der Waals surface area (Å²) in [7, 11) is 0. The van der Waals surface area contributed by atoms with Gasteiger partial charge < -0.3 is 14.5 Å². The second-order valence-electron chi connectivity index (χ2n) is 2.63. The van der Waals surface area contributed by atoms with Crippen molar-refractivity contribution in [2.45, 2.75) is 13.3 Å². The molecule has 1 aromatic rings. The van der Waals surface area contributed by atoms with E-state index in [1.807, 2.05) is 19.1 Å². The molecule has 3 heteroatoms. The molecule has 1 heterocycles. The first-order chi connectivity index (χ1) is 5.83. The fraction of sp³-hybridized carbons (Fsp3) is 0.444. The van der Waals surface area contributed by atoms with Crippen molar-refractivity contribution in [3.8, 4) is 0 Å². The molecule has 1 rings (SSSR count). The Labute approximate surface area is 71.8 Å². The number of hydrogen-bond donors (Lipinski definition) is 1. The van der Waals surface area contributed by atoms with Gasteiger partial charge in [-0.05, 0) is 19.1 Å². The molecule has 0 aromatic carbocycles. The summed E-state index contributed by atoms with van der Waals surface area (Å²) < 4.78 is 5.34. The van der Waals surface area contributed by atoms with E-state index in [1.54, 1.807) is 0 Å². The van der Waals surface area contributed by atoms with Gasteiger partial charge in [0.15, 0.2) is 0 Å². The normalized spacial score (nSPS) is 10.1. The van der Waals surface area contributed by atoms with Gasteiger partial charge in [0.1, 0.15) is 17.8 Å². The zero-order valence-electron chi connectivity index (χ0n) is 7.17. The molecule has 12 heavy (non-hydrogen) atoms. The first-order valence-corrected chi connectivity index (χ1v) is 4.02. The molecule has 0 bridgehead atoms. The van der Waals surface area contributed by atoms with Crippen LogP contribution in [0.25, 0.3) is 0 Å². The molecule has 1 N–H and O–H groups in total. The van der Waals surface area contributed by atoms with Gasteiger partial charge >= 0.3 is 0 Å². The summed E-state index contributed by atoms with van der Waals surface area (Å²) in [5.41, 5.74) is 0. The van der Waals surface area contributed by atoms with E-state index in [1.165, 1.54) is 0 Å². The lowest BCUT2D eigenvalue weighted by molar-refractivity contribution is -0.107. The lowest BCUT2D eigenvalue weighted by Gasteiger charge is -1.96. The number of carbonyl (C=O) groups excluding carboxylic acids is 1. The van der Waals surface area contributed by atoms with Crippen molar-refractivity contribution >= 4 is 6.29 Å². The van der Waals surface area contributed by atoms with Crippen molar-refractivity contribution in [1.82, 2.24) is 5.32 Å². The lowest BCUT2D eigenvalue weighted by atomic mass is 10.3. The highest BCUT2D eigenvalue weighted by molar-refractivity contribution is 5.51. The van der Waals surface area contributed by atoms with Crippen LogP contribution in [-0.2, 0) is 11.2 Å². The molecule has 0 atom stereocenters. The highest BCUT2D eigenvalue weighted by Gasteiger charge is 1.96. The SMILES string of the molecule is Cc1ccc(CCNCC=O)o1. The molecule has 0 aliphatic rings. The Kier molecular flexibility index (Phi) is 3.54. The smallest absolute Gasteiger partial charge is 0.133 e. The maximum absolute atomic E-state index is 9.93. The fourth-order valence-electron chi connectivity index (χ4n) is 0.992. The van der Waals surface area contributed by atoms with Gasteiger partial charge in [0.05, 0.1) is 6.54 Å². The van der Waals surface area contributed by atoms with Gasteiger partial charge in [-0.1, -0.05) is 0 Å². The molecule has 0 aliphatic heterocycles. The van der Waals surface area contributed by atoms with Crippen molar-refractivity contribution < 1.29 is 9.21 Å². The van der Waals surface area contributed by atoms with E-state index in [9.17, 15) is 4.79 Å². The summed E-state index contributed by atoms with van der Waals surface area (Å²) in [4.78, 5) is 9.93. The van der Waals surface area contributed by atoms with Crippen molar-refractivity contribution in [3.05, 3.63) is 23.7 Å². The predicted molar refractivity (Wildman–Crippen MR) is 46.1 cm³/mol. The second-order valence-corrected chi connectivity index (χ2v) is 2.63. The summed E-state index contributed by atoms with van der Waals surface area (Å²) in [6, 6.07) is 3.90. The van der Waals surface area contributed by atoms with Crippen LogP contribution in [0.5, 0.6) is 0 Å². The Hall–Kier alpha value is -1.09. The van der Waals surface area contributed by atoms with Gasteiger partial charge in [0, 0.05) is 13.0 Å². The number of carbonyl (C=O) groups is 1. The summed E-state index contributed by atoms with van der Waals surface area (Å²) >= 11 is 0. The molecule has 1 aromatic heterocycles. The summed E-state index contributed by atoms with van der Waals surface area (Å²) in [6.07, 6.45) is 1.69. The molecule has 0 unspecified atom stereocenters. The molecule has 0 saturated carbocycles. The Balaban J connectivity index is 2.19. The van der Waals surface area contributed by atoms with Crippen LogP contribution in [0.2, 0.25) is 0 Å². The van der Waals surface area contributed by atoms with Crippen LogP contribution in [0.4, 0.5) is 0 Å². The lowest BCUT2D eigenvalue weighted by Crippen LogP contribution is -2.18. The van der Waals surface area contributed by atoms with E-state index in [4.69, 9.17) is 4.42 Å². The summed E-state index contributed by atoms with van der Waals surface area (Å²) in [6.45, 7) is 3.12. The van der Waals surface area contributed by atoms with Gasteiger partial charge in [-0.15, -0.1) is 0 Å². The number of hydrogen-bond acceptors (Lipinski definition) is 3. The van der Waals surface area contributed by atoms with Crippen LogP contribution < -0.4 is 5.32 Å². The highest BCUT2D eigenvalue weighted by atomic mass is 16.3. The van der Waals surface area contributed by atoms with E-state index in [2.05, 4.69) is 5.32 Å². The Morgan fingerprint density at radius 3 is 3.00 bits per heavy atom. The van der Waals surface area contributed by atoms with Gasteiger partial charge in [-0.2, -0.15) is 0 Å². The number of aldehydes is 1. The summed E-state index contributed by atoms with van der Waals surface area (Å²) in [5.74, 6) is 1.89. The maximum Gasteiger partial charge on any atom is 0.133 e. The molecule has 0 amide bonds. The molecule has 0 saturated heterocycles. The average molecular weight is 167 g/mol. The number of aryl methyl sites for hydroxylation is 1. The third kappa shape index (κ3) is 2.88. The van der Waals surface area contributed by atoms with Crippen LogP contribution in [0.15, 0.2) is 16.5 Å². The molecule has 0 aliphatic carbocycles. The first-order valence-electron chi connectivity index (χ1n) is 4.02. The molecule has 0 spiro atoms. The standard InChI is InChI=1S/C9H13NO2/c1-8-2-3-9(12-8)4-5-10-6-7-11/h2-3,7,10H,4-6H2,1H3. The van der Waals surface area contributed by atoms with Crippen molar-refractivity contribution in [3.63, 3.8) is 0 Å². The molecular weight excluding hydrogens is 154 g/mol. The third-order valence-corrected chi connectivity index (χ3v) is 1.57. The number of rotatable bonds is 5. The average Bonchev–Trinajstić information content (AvgIpc) is 2.45. The van der Waals surface area contributed by atoms with Gasteiger partial charge in [-0.25, -0.2) is 0 Å². The zero-order valence-corrected chi connectivity index (χ0v) is 7.17. The number of furan rings is 1. The summed E-state index contributed by atoms with van der Waals surface area (Å²) in [5, 5.41) is 2.96. The van der Waals surface area contributed by atoms with Crippen LogP contribution in [0.3, 0.4) is 0 Å². The molecule has 0 radical (unpaired) electrons. The molecule has 0 fully saturated rings. The van der Waals surface area contributed by atoms with Crippen molar-refractivity contribution in [2.75, 3.05) is 13.1 Å². The monoisotopic (exact) mass is 167 g/mol. The quantitative estimate of drug-likeness (QED) is 0.523. The fourth-order valence-corrected chi connectivity index (χ4v) is 0.992. The van der Waals surface area contributed by atoms with Crippen molar-refractivity contribution in [1.29, 1.82) is 0 Å². The first kappa shape index (κ1) is 9.00. The molecular formula is C9H13NO2. The van der Waals surface area contributed by atoms with Crippen LogP contribution >= 0.6 is 0 Å². The highest BCUT2D eigenvalue weighted by Crippen LogP contribution is 2.05. The van der Waals surface area contributed by atoms with Crippen LogP contribution in [0.1, 0.15) is 11.5 Å². The minimum absolute atomic E-state index is 0.416. The molecule has 3 nitrogen and oxygen atoms in total. The Bertz CT molecular complexity index is 242. The Morgan fingerprint density at radius 1 is 1.58 bits per heavy atom. The van der Waals surface area contributed by atoms with Gasteiger partial charge in [0.25, 0.3) is 0 Å². The van der Waals surface area contributed by atoms with E-state index in [-0.39, 0.29) is 0 Å². The van der Waals surface area contributed by atoms with Crippen molar-refractivity contribution in [2.24, 2.45) is 0 Å². The predicted octanol–water partition coefficient (Wildman–Crippen LogP) is 0.919. The molecule has 66 valence electrons. The Morgan fingerprint density at radius 2 is 2.42 bits per heavy atom. The second kappa shape index (κ2) is 4.72. The van der Waals surface area contributed by atoms with Crippen LogP contribution in [0, 0.1) is 6.92 Å². The zero-order chi connectivity index (χ0) is 8.81. The third-order valence-electron chi connectivity index (χ3n) is 1.57. The minimum Gasteiger partial charge on any atom is -0.466 e. The minimum atomic E-state index is 0.416. The van der Waals surface area contributed by atoms with E-state index >= 15 is 0 Å². The van der Waals surface area contributed by atoms with Crippen LogP contribution in [-0.4, -0.2) is 19.4 Å². The van der Waals surface area contributed by atoms with E-state index in [0.717, 1.165) is 30.8 Å². The number of nitrogens with one attached hydrogen (secondary N) is 1.